The van der Waals surface area contributed by atoms with Gasteiger partial charge in [-0.1, -0.05) is 12.8 Å². The minimum atomic E-state index is -0.0279. The van der Waals surface area contributed by atoms with Gasteiger partial charge in [-0.15, -0.1) is 11.8 Å². The molecule has 0 radical (unpaired) electrons. The van der Waals surface area contributed by atoms with Gasteiger partial charge in [0.2, 0.25) is 0 Å². The minimum absolute atomic E-state index is 0.0279. The quantitative estimate of drug-likeness (QED) is 0.476. The van der Waals surface area contributed by atoms with Crippen LogP contribution in [0.25, 0.3) is 0 Å². The highest BCUT2D eigenvalue weighted by molar-refractivity contribution is 7.99. The van der Waals surface area contributed by atoms with Crippen molar-refractivity contribution in [2.75, 3.05) is 5.75 Å². The lowest BCUT2D eigenvalue weighted by atomic mass is 10.1. The molecule has 3 N–H and O–H groups in total. The van der Waals surface area contributed by atoms with Crippen LogP contribution in [0.2, 0.25) is 0 Å². The van der Waals surface area contributed by atoms with E-state index in [0.717, 1.165) is 16.7 Å². The third-order valence-electron chi connectivity index (χ3n) is 2.85. The first-order valence-electron chi connectivity index (χ1n) is 5.55. The largest absolute Gasteiger partial charge is 0.382 e. The fourth-order valence-electron chi connectivity index (χ4n) is 1.91. The summed E-state index contributed by atoms with van der Waals surface area (Å²) in [5, 5.41) is 8.14. The summed E-state index contributed by atoms with van der Waals surface area (Å²) in [7, 11) is 0. The van der Waals surface area contributed by atoms with Crippen molar-refractivity contribution in [2.24, 2.45) is 11.7 Å². The molecule has 1 saturated carbocycles. The molecule has 2 rings (SSSR count). The molecule has 0 spiro atoms. The number of hydrogen-bond acceptors (Lipinski definition) is 4. The lowest BCUT2D eigenvalue weighted by molar-refractivity contribution is 0.623. The molecule has 1 aromatic rings. The van der Waals surface area contributed by atoms with Crippen molar-refractivity contribution in [1.82, 2.24) is 9.97 Å². The summed E-state index contributed by atoms with van der Waals surface area (Å²) >= 11 is 1.75. The number of thioether (sulfide) groups is 1. The number of amidine groups is 1. The molecular formula is C11H16N4S. The van der Waals surface area contributed by atoms with Gasteiger partial charge in [-0.2, -0.15) is 0 Å². The predicted molar refractivity (Wildman–Crippen MR) is 65.7 cm³/mol. The van der Waals surface area contributed by atoms with E-state index in [-0.39, 0.29) is 5.84 Å². The molecule has 0 aromatic carbocycles. The molecule has 5 heteroatoms. The molecule has 16 heavy (non-hydrogen) atoms. The molecule has 1 aliphatic rings. The SMILES string of the molecule is N=C(N)c1cnc(SCC2CCCC2)cn1. The zero-order valence-corrected chi connectivity index (χ0v) is 9.96. The standard InChI is InChI=1S/C11H16N4S/c12-11(13)9-5-15-10(6-14-9)16-7-8-3-1-2-4-8/h5-6,8H,1-4,7H2,(H3,12,13). The molecule has 0 amide bonds. The fraction of sp³-hybridized carbons (Fsp3) is 0.545. The normalized spacial score (nSPS) is 16.5. The third kappa shape index (κ3) is 2.95. The Morgan fingerprint density at radius 1 is 1.38 bits per heavy atom. The Morgan fingerprint density at radius 2 is 2.12 bits per heavy atom. The highest BCUT2D eigenvalue weighted by Gasteiger charge is 2.15. The molecular weight excluding hydrogens is 220 g/mol. The van der Waals surface area contributed by atoms with Crippen LogP contribution in [0.1, 0.15) is 31.4 Å². The zero-order valence-electron chi connectivity index (χ0n) is 9.15. The molecule has 0 aliphatic heterocycles. The average molecular weight is 236 g/mol. The first kappa shape index (κ1) is 11.4. The smallest absolute Gasteiger partial charge is 0.143 e. The van der Waals surface area contributed by atoms with Gasteiger partial charge in [-0.25, -0.2) is 9.97 Å². The number of aromatic nitrogens is 2. The number of nitrogens with zero attached hydrogens (tertiary/aromatic N) is 2. The van der Waals surface area contributed by atoms with Crippen LogP contribution in [-0.2, 0) is 0 Å². The van der Waals surface area contributed by atoms with Crippen LogP contribution >= 0.6 is 11.8 Å². The maximum absolute atomic E-state index is 7.21. The summed E-state index contributed by atoms with van der Waals surface area (Å²) in [4.78, 5) is 8.33. The van der Waals surface area contributed by atoms with E-state index in [4.69, 9.17) is 11.1 Å². The molecule has 1 aliphatic carbocycles. The van der Waals surface area contributed by atoms with Crippen molar-refractivity contribution in [2.45, 2.75) is 30.7 Å². The highest BCUT2D eigenvalue weighted by atomic mass is 32.2. The van der Waals surface area contributed by atoms with Crippen LogP contribution in [-0.4, -0.2) is 21.6 Å². The summed E-state index contributed by atoms with van der Waals surface area (Å²) in [6.07, 6.45) is 8.73. The Bertz CT molecular complexity index is 357. The van der Waals surface area contributed by atoms with Crippen LogP contribution in [0.4, 0.5) is 0 Å². The second kappa shape index (κ2) is 5.30. The lowest BCUT2D eigenvalue weighted by Gasteiger charge is -2.07. The maximum atomic E-state index is 7.21. The molecule has 0 unspecified atom stereocenters. The molecule has 0 bridgehead atoms. The van der Waals surface area contributed by atoms with E-state index in [2.05, 4.69) is 9.97 Å². The minimum Gasteiger partial charge on any atom is -0.382 e. The molecule has 0 atom stereocenters. The van der Waals surface area contributed by atoms with Gasteiger partial charge in [0.1, 0.15) is 16.6 Å². The van der Waals surface area contributed by atoms with Crippen molar-refractivity contribution in [3.8, 4) is 0 Å². The van der Waals surface area contributed by atoms with Gasteiger partial charge < -0.3 is 5.73 Å². The second-order valence-corrected chi connectivity index (χ2v) is 5.16. The van der Waals surface area contributed by atoms with Crippen molar-refractivity contribution < 1.29 is 0 Å². The Morgan fingerprint density at radius 3 is 2.69 bits per heavy atom. The highest BCUT2D eigenvalue weighted by Crippen LogP contribution is 2.29. The average Bonchev–Trinajstić information content (AvgIpc) is 2.80. The Balaban J connectivity index is 1.87. The van der Waals surface area contributed by atoms with Gasteiger partial charge in [0.15, 0.2) is 0 Å². The van der Waals surface area contributed by atoms with Crippen LogP contribution in [0.5, 0.6) is 0 Å². The first-order chi connectivity index (χ1) is 7.75. The van der Waals surface area contributed by atoms with E-state index in [1.165, 1.54) is 25.7 Å². The lowest BCUT2D eigenvalue weighted by Crippen LogP contribution is -2.13. The molecule has 1 aromatic heterocycles. The second-order valence-electron chi connectivity index (χ2n) is 4.12. The molecule has 4 nitrogen and oxygen atoms in total. The summed E-state index contributed by atoms with van der Waals surface area (Å²) in [5.41, 5.74) is 5.76. The van der Waals surface area contributed by atoms with Crippen molar-refractivity contribution in [3.05, 3.63) is 18.1 Å². The number of nitrogens with one attached hydrogen (secondary N) is 1. The third-order valence-corrected chi connectivity index (χ3v) is 3.99. The predicted octanol–water partition coefficient (Wildman–Crippen LogP) is 2.04. The number of nitrogens with two attached hydrogens (primary N) is 1. The molecule has 1 heterocycles. The molecule has 1 fully saturated rings. The van der Waals surface area contributed by atoms with Gasteiger partial charge in [0.25, 0.3) is 0 Å². The Kier molecular flexibility index (Phi) is 3.77. The summed E-state index contributed by atoms with van der Waals surface area (Å²) < 4.78 is 0. The summed E-state index contributed by atoms with van der Waals surface area (Å²) in [5.74, 6) is 1.95. The van der Waals surface area contributed by atoms with Crippen LogP contribution in [0, 0.1) is 11.3 Å². The Labute approximate surface area is 99.6 Å². The fourth-order valence-corrected chi connectivity index (χ4v) is 2.90. The monoisotopic (exact) mass is 236 g/mol. The van der Waals surface area contributed by atoms with Gasteiger partial charge in [-0.3, -0.25) is 5.41 Å². The Hall–Kier alpha value is -1.10. The van der Waals surface area contributed by atoms with E-state index in [1.807, 2.05) is 0 Å². The van der Waals surface area contributed by atoms with E-state index in [0.29, 0.717) is 5.69 Å². The van der Waals surface area contributed by atoms with Crippen LogP contribution in [0.15, 0.2) is 17.4 Å². The van der Waals surface area contributed by atoms with E-state index in [9.17, 15) is 0 Å². The molecule has 86 valence electrons. The van der Waals surface area contributed by atoms with Crippen LogP contribution in [0.3, 0.4) is 0 Å². The van der Waals surface area contributed by atoms with E-state index < -0.39 is 0 Å². The number of nitrogen functional groups attached to an aromatic ring is 1. The van der Waals surface area contributed by atoms with Gasteiger partial charge in [-0.05, 0) is 18.8 Å². The molecule has 0 saturated heterocycles. The van der Waals surface area contributed by atoms with Gasteiger partial charge in [0, 0.05) is 5.75 Å². The van der Waals surface area contributed by atoms with Crippen molar-refractivity contribution in [3.63, 3.8) is 0 Å². The topological polar surface area (TPSA) is 75.7 Å². The maximum Gasteiger partial charge on any atom is 0.143 e. The zero-order chi connectivity index (χ0) is 11.4. The van der Waals surface area contributed by atoms with Crippen LogP contribution < -0.4 is 5.73 Å². The van der Waals surface area contributed by atoms with E-state index in [1.54, 1.807) is 24.2 Å². The summed E-state index contributed by atoms with van der Waals surface area (Å²) in [6.45, 7) is 0. The van der Waals surface area contributed by atoms with Gasteiger partial charge >= 0.3 is 0 Å². The first-order valence-corrected chi connectivity index (χ1v) is 6.53. The van der Waals surface area contributed by atoms with Crippen molar-refractivity contribution >= 4 is 17.6 Å². The van der Waals surface area contributed by atoms with Gasteiger partial charge in [0.05, 0.1) is 12.4 Å². The van der Waals surface area contributed by atoms with E-state index >= 15 is 0 Å². The number of hydrogen-bond donors (Lipinski definition) is 2. The summed E-state index contributed by atoms with van der Waals surface area (Å²) in [6, 6.07) is 0. The van der Waals surface area contributed by atoms with Crippen molar-refractivity contribution in [1.29, 1.82) is 5.41 Å². The number of rotatable bonds is 4.